The van der Waals surface area contributed by atoms with Crippen molar-refractivity contribution in [3.63, 3.8) is 0 Å². The van der Waals surface area contributed by atoms with E-state index in [1.54, 1.807) is 0 Å². The molecule has 7 aromatic rings. The largest absolute Gasteiger partial charge is 0.252 e. The minimum atomic E-state index is 0.909. The van der Waals surface area contributed by atoms with Crippen molar-refractivity contribution < 1.29 is 0 Å². The highest BCUT2D eigenvalue weighted by atomic mass is 14.8. The van der Waals surface area contributed by atoms with Gasteiger partial charge in [-0.2, -0.15) is 0 Å². The first-order valence-electron chi connectivity index (χ1n) is 19.2. The molecule has 1 heteroatoms. The van der Waals surface area contributed by atoms with Crippen LogP contribution in [0, 0.1) is 13.8 Å². The molecule has 54 heavy (non-hydrogen) atoms. The van der Waals surface area contributed by atoms with Crippen LogP contribution in [0.5, 0.6) is 0 Å². The molecule has 0 unspecified atom stereocenters. The molecule has 0 amide bonds. The number of nitrogens with zero attached hydrogens (tertiary/aromatic N) is 1. The molecule has 0 aliphatic rings. The molecule has 7 aromatic carbocycles. The van der Waals surface area contributed by atoms with Crippen molar-refractivity contribution >= 4 is 27.8 Å². The van der Waals surface area contributed by atoms with Crippen molar-refractivity contribution in [2.45, 2.75) is 53.4 Å². The van der Waals surface area contributed by atoms with Gasteiger partial charge in [0.1, 0.15) is 0 Å². The number of fused-ring (bicyclic) bond motifs is 1. The standard InChI is InChI=1S/C33H31N.C13H14.C7H8/c1-4-11-32(31-22-20-29(21-23-31)28-18-16-25(2)17-19-28)34-33(30-14-9-6-10-15-30)24-26(3)27-12-7-5-8-13-27;1-2-6-11-8-5-9-12-7-3-4-10-13(11)12;1-7-5-3-2-4-6-7/h5-10,12-24H,3-4,11H2,1-2H3;3-5,7-10H,2,6H2,1H3;2-6H,1H3/b33-24-,34-32?;;. The Morgan fingerprint density at radius 3 is 1.59 bits per heavy atom. The predicted octanol–water partition coefficient (Wildman–Crippen LogP) is 14.8. The van der Waals surface area contributed by atoms with Gasteiger partial charge in [0.15, 0.2) is 0 Å². The van der Waals surface area contributed by atoms with E-state index in [9.17, 15) is 0 Å². The zero-order valence-corrected chi connectivity index (χ0v) is 32.4. The van der Waals surface area contributed by atoms with E-state index < -0.39 is 0 Å². The van der Waals surface area contributed by atoms with Gasteiger partial charge in [-0.1, -0.05) is 226 Å². The Labute approximate surface area is 324 Å². The summed E-state index contributed by atoms with van der Waals surface area (Å²) in [7, 11) is 0. The van der Waals surface area contributed by atoms with Crippen LogP contribution in [0.1, 0.15) is 66.5 Å². The first kappa shape index (κ1) is 39.2. The van der Waals surface area contributed by atoms with E-state index in [0.29, 0.717) is 0 Å². The van der Waals surface area contributed by atoms with Gasteiger partial charge >= 0.3 is 0 Å². The number of aliphatic imine (C=N–C) groups is 1. The Bertz CT molecular complexity index is 2220. The maximum Gasteiger partial charge on any atom is 0.0711 e. The Balaban J connectivity index is 0.000000226. The molecule has 0 aliphatic carbocycles. The zero-order valence-electron chi connectivity index (χ0n) is 32.4. The third-order valence-electron chi connectivity index (χ3n) is 9.21. The van der Waals surface area contributed by atoms with Crippen LogP contribution in [-0.2, 0) is 6.42 Å². The lowest BCUT2D eigenvalue weighted by Crippen LogP contribution is -2.01. The maximum absolute atomic E-state index is 5.20. The molecule has 7 rings (SSSR count). The summed E-state index contributed by atoms with van der Waals surface area (Å²) in [6.07, 6.45) is 6.43. The second kappa shape index (κ2) is 20.9. The average Bonchev–Trinajstić information content (AvgIpc) is 3.22. The SMILES string of the molecule is C=C(/C=C(\N=C(CCC)c1ccc(-c2ccc(C)cc2)cc1)c1ccccc1)c1ccccc1.CCCc1cccc2ccccc12.Cc1ccccc1. The fourth-order valence-electron chi connectivity index (χ4n) is 6.25. The normalized spacial score (nSPS) is 11.2. The molecule has 270 valence electrons. The van der Waals surface area contributed by atoms with Crippen LogP contribution in [0.4, 0.5) is 0 Å². The van der Waals surface area contributed by atoms with Gasteiger partial charge in [0.05, 0.1) is 5.70 Å². The highest BCUT2D eigenvalue weighted by Gasteiger charge is 2.09. The topological polar surface area (TPSA) is 12.4 Å². The van der Waals surface area contributed by atoms with Crippen LogP contribution in [0.25, 0.3) is 33.2 Å². The lowest BCUT2D eigenvalue weighted by molar-refractivity contribution is 0.930. The van der Waals surface area contributed by atoms with E-state index in [2.05, 4.69) is 180 Å². The number of allylic oxidation sites excluding steroid dienone is 2. The molecule has 0 heterocycles. The van der Waals surface area contributed by atoms with Crippen LogP contribution in [0.2, 0.25) is 0 Å². The summed E-state index contributed by atoms with van der Waals surface area (Å²) in [6, 6.07) is 63.5. The second-order valence-corrected chi connectivity index (χ2v) is 13.6. The molecule has 0 radical (unpaired) electrons. The molecule has 0 atom stereocenters. The number of aryl methyl sites for hydroxylation is 3. The van der Waals surface area contributed by atoms with Crippen LogP contribution in [-0.4, -0.2) is 5.71 Å². The van der Waals surface area contributed by atoms with E-state index in [1.807, 2.05) is 42.5 Å². The summed E-state index contributed by atoms with van der Waals surface area (Å²) in [6.45, 7) is 12.9. The quantitative estimate of drug-likeness (QED) is 0.0993. The van der Waals surface area contributed by atoms with Crippen LogP contribution in [0.3, 0.4) is 0 Å². The van der Waals surface area contributed by atoms with E-state index >= 15 is 0 Å². The molecule has 1 nitrogen and oxygen atoms in total. The smallest absolute Gasteiger partial charge is 0.0711 e. The predicted molar refractivity (Wildman–Crippen MR) is 237 cm³/mol. The molecule has 0 bridgehead atoms. The van der Waals surface area contributed by atoms with Gasteiger partial charge in [-0.15, -0.1) is 0 Å². The minimum absolute atomic E-state index is 0.909. The molecule has 0 N–H and O–H groups in total. The van der Waals surface area contributed by atoms with Gasteiger partial charge in [0, 0.05) is 11.3 Å². The first-order chi connectivity index (χ1) is 26.4. The van der Waals surface area contributed by atoms with Gasteiger partial charge in [-0.3, -0.25) is 4.99 Å². The van der Waals surface area contributed by atoms with Crippen LogP contribution in [0.15, 0.2) is 200 Å². The molecule has 0 saturated carbocycles. The third kappa shape index (κ3) is 11.7. The van der Waals surface area contributed by atoms with Gasteiger partial charge < -0.3 is 0 Å². The van der Waals surface area contributed by atoms with Crippen molar-refractivity contribution in [3.05, 3.63) is 228 Å². The van der Waals surface area contributed by atoms with Gasteiger partial charge in [0.25, 0.3) is 0 Å². The molecule has 0 aliphatic heterocycles. The number of hydrogen-bond acceptors (Lipinski definition) is 1. The van der Waals surface area contributed by atoms with Gasteiger partial charge in [-0.25, -0.2) is 0 Å². The second-order valence-electron chi connectivity index (χ2n) is 13.6. The molecular formula is C53H53N. The van der Waals surface area contributed by atoms with E-state index in [4.69, 9.17) is 4.99 Å². The van der Waals surface area contributed by atoms with Crippen LogP contribution < -0.4 is 0 Å². The number of rotatable bonds is 10. The summed E-state index contributed by atoms with van der Waals surface area (Å²) in [5, 5.41) is 2.76. The van der Waals surface area contributed by atoms with E-state index in [1.165, 1.54) is 51.4 Å². The van der Waals surface area contributed by atoms with Crippen LogP contribution >= 0.6 is 0 Å². The van der Waals surface area contributed by atoms with E-state index in [-0.39, 0.29) is 0 Å². The van der Waals surface area contributed by atoms with Crippen molar-refractivity contribution in [2.24, 2.45) is 4.99 Å². The highest BCUT2D eigenvalue weighted by molar-refractivity contribution is 6.04. The summed E-state index contributed by atoms with van der Waals surface area (Å²) in [5.41, 5.74) is 12.8. The summed E-state index contributed by atoms with van der Waals surface area (Å²) in [4.78, 5) is 5.20. The first-order valence-corrected chi connectivity index (χ1v) is 19.2. The highest BCUT2D eigenvalue weighted by Crippen LogP contribution is 2.26. The fraction of sp³-hybridized carbons (Fsp3) is 0.151. The average molecular weight is 704 g/mol. The fourth-order valence-corrected chi connectivity index (χ4v) is 6.25. The van der Waals surface area contributed by atoms with E-state index in [0.717, 1.165) is 46.5 Å². The van der Waals surface area contributed by atoms with Crippen molar-refractivity contribution in [1.29, 1.82) is 0 Å². The Morgan fingerprint density at radius 1 is 0.500 bits per heavy atom. The molecule has 0 fully saturated rings. The Morgan fingerprint density at radius 2 is 1.02 bits per heavy atom. The lowest BCUT2D eigenvalue weighted by Gasteiger charge is -2.11. The third-order valence-corrected chi connectivity index (χ3v) is 9.21. The summed E-state index contributed by atoms with van der Waals surface area (Å²) >= 11 is 0. The summed E-state index contributed by atoms with van der Waals surface area (Å²) in [5.74, 6) is 0. The Hall–Kier alpha value is -6.05. The molecule has 0 saturated heterocycles. The monoisotopic (exact) mass is 703 g/mol. The summed E-state index contributed by atoms with van der Waals surface area (Å²) < 4.78 is 0. The molecule has 0 aromatic heterocycles. The van der Waals surface area contributed by atoms with Gasteiger partial charge in [-0.05, 0) is 76.9 Å². The van der Waals surface area contributed by atoms with Crippen molar-refractivity contribution in [1.82, 2.24) is 0 Å². The van der Waals surface area contributed by atoms with Gasteiger partial charge in [0.2, 0.25) is 0 Å². The number of benzene rings is 7. The minimum Gasteiger partial charge on any atom is -0.252 e. The lowest BCUT2D eigenvalue weighted by atomic mass is 9.99. The Kier molecular flexibility index (Phi) is 15.1. The molecular weight excluding hydrogens is 651 g/mol. The number of hydrogen-bond donors (Lipinski definition) is 0. The molecule has 0 spiro atoms. The maximum atomic E-state index is 5.20. The zero-order chi connectivity index (χ0) is 38.0. The van der Waals surface area contributed by atoms with Crippen molar-refractivity contribution in [3.8, 4) is 11.1 Å². The van der Waals surface area contributed by atoms with Crippen molar-refractivity contribution in [2.75, 3.05) is 0 Å².